The second-order valence-corrected chi connectivity index (χ2v) is 12.8. The van der Waals surface area contributed by atoms with Crippen LogP contribution < -0.4 is 10.8 Å². The molecule has 9 nitrogen and oxygen atoms in total. The van der Waals surface area contributed by atoms with E-state index in [1.54, 1.807) is 0 Å². The maximum absolute atomic E-state index is 11.1. The molecule has 0 spiro atoms. The summed E-state index contributed by atoms with van der Waals surface area (Å²) in [5.74, 6) is -0.00201. The molecule has 0 bridgehead atoms. The summed E-state index contributed by atoms with van der Waals surface area (Å²) in [6.45, 7) is 20.3. The number of hydrogen-bond donors (Lipinski definition) is 2. The molecular formula is C31H55ClN3O6+. The first kappa shape index (κ1) is 38.7. The molecule has 0 radical (unpaired) electrons. The highest BCUT2D eigenvalue weighted by Crippen LogP contribution is 2.44. The molecule has 0 saturated heterocycles. The lowest BCUT2D eigenvalue weighted by Crippen LogP contribution is -2.67. The van der Waals surface area contributed by atoms with Crippen LogP contribution in [0.5, 0.6) is 0 Å². The first-order valence-electron chi connectivity index (χ1n) is 14.8. The first-order chi connectivity index (χ1) is 19.1. The van der Waals surface area contributed by atoms with Crippen molar-refractivity contribution < 1.29 is 35.2 Å². The number of ether oxygens (including phenoxy) is 1. The van der Waals surface area contributed by atoms with Crippen LogP contribution in [0.2, 0.25) is 0 Å². The highest BCUT2D eigenvalue weighted by molar-refractivity contribution is 6.65. The zero-order valence-corrected chi connectivity index (χ0v) is 27.4. The van der Waals surface area contributed by atoms with Gasteiger partial charge in [0.2, 0.25) is 0 Å². The number of carboxylic acids is 1. The van der Waals surface area contributed by atoms with E-state index in [-0.39, 0.29) is 40.5 Å². The van der Waals surface area contributed by atoms with Crippen molar-refractivity contribution in [3.05, 3.63) is 19.1 Å². The van der Waals surface area contributed by atoms with Crippen LogP contribution in [0.3, 0.4) is 0 Å². The smallest absolute Gasteiger partial charge is 0.312 e. The number of aliphatic carboxylic acids is 1. The van der Waals surface area contributed by atoms with E-state index in [0.717, 1.165) is 31.4 Å². The van der Waals surface area contributed by atoms with Crippen LogP contribution in [0.1, 0.15) is 93.9 Å². The maximum Gasteiger partial charge on any atom is 0.312 e. The number of fused-ring (bicyclic) bond motifs is 1. The summed E-state index contributed by atoms with van der Waals surface area (Å²) in [4.78, 5) is 27.3. The highest BCUT2D eigenvalue weighted by Gasteiger charge is 2.50. The Morgan fingerprint density at radius 3 is 2.12 bits per heavy atom. The van der Waals surface area contributed by atoms with Crippen LogP contribution >= 0.6 is 11.6 Å². The summed E-state index contributed by atoms with van der Waals surface area (Å²) < 4.78 is 4.59. The second-order valence-electron chi connectivity index (χ2n) is 12.4. The third-order valence-electron chi connectivity index (χ3n) is 7.39. The normalized spacial score (nSPS) is 27.1. The minimum absolute atomic E-state index is 0.0139. The molecule has 3 aliphatic rings. The second kappa shape index (κ2) is 19.0. The van der Waals surface area contributed by atoms with Crippen molar-refractivity contribution in [3.8, 4) is 0 Å². The predicted molar refractivity (Wildman–Crippen MR) is 162 cm³/mol. The molecule has 4 N–H and O–H groups in total. The Hall–Kier alpha value is -2.26. The predicted octanol–water partition coefficient (Wildman–Crippen LogP) is 4.86. The van der Waals surface area contributed by atoms with Gasteiger partial charge in [0, 0.05) is 23.7 Å². The molecule has 1 heterocycles. The van der Waals surface area contributed by atoms with Crippen molar-refractivity contribution in [1.82, 2.24) is 0 Å². The van der Waals surface area contributed by atoms with Gasteiger partial charge < -0.3 is 30.4 Å². The number of esters is 1. The fourth-order valence-electron chi connectivity index (χ4n) is 5.10. The van der Waals surface area contributed by atoms with Crippen molar-refractivity contribution >= 4 is 34.4 Å². The summed E-state index contributed by atoms with van der Waals surface area (Å²) in [5.41, 5.74) is 5.10. The molecule has 1 fully saturated rings. The van der Waals surface area contributed by atoms with E-state index in [1.807, 2.05) is 13.0 Å². The number of carboxylic acid groups (broad SMARTS) is 1. The van der Waals surface area contributed by atoms with Crippen molar-refractivity contribution in [2.45, 2.75) is 106 Å². The van der Waals surface area contributed by atoms with E-state index in [4.69, 9.17) is 21.6 Å². The number of allylic oxidation sites excluding steroid dienone is 1. The SMILES string of the molecule is CC(C)(C)[NH3+].CCC(CC)C1=NO[C@H]2[C@@H]1[C@H](C)C[C@@H]2C(=O)[O-].COC(=O)[C@@H]1C=C[C@H](C)C1.[CH2+]CC(CC)/C(Cl)=N/O. The summed E-state index contributed by atoms with van der Waals surface area (Å²) in [7, 11) is 1.43. The Kier molecular flexibility index (Phi) is 18.0. The van der Waals surface area contributed by atoms with E-state index in [1.165, 1.54) is 7.11 Å². The number of rotatable bonds is 8. The summed E-state index contributed by atoms with van der Waals surface area (Å²) in [6.07, 6.45) is 8.87. The van der Waals surface area contributed by atoms with Gasteiger partial charge in [-0.05, 0) is 64.7 Å². The lowest BCUT2D eigenvalue weighted by molar-refractivity contribution is -0.458. The monoisotopic (exact) mass is 600 g/mol. The Balaban J connectivity index is 0.000000573. The van der Waals surface area contributed by atoms with Crippen molar-refractivity contribution in [2.75, 3.05) is 7.11 Å². The molecule has 0 aromatic heterocycles. The average Bonchev–Trinajstić information content (AvgIpc) is 3.62. The number of hydrogen-bond acceptors (Lipinski definition) is 8. The average molecular weight is 601 g/mol. The Morgan fingerprint density at radius 1 is 1.22 bits per heavy atom. The number of oxime groups is 2. The minimum atomic E-state index is -0.995. The van der Waals surface area contributed by atoms with Crippen LogP contribution in [0, 0.1) is 48.3 Å². The van der Waals surface area contributed by atoms with Crippen LogP contribution in [-0.2, 0) is 19.2 Å². The topological polar surface area (TPSA) is 148 Å². The third kappa shape index (κ3) is 13.5. The van der Waals surface area contributed by atoms with Gasteiger partial charge in [-0.15, -0.1) is 0 Å². The van der Waals surface area contributed by atoms with Gasteiger partial charge in [-0.3, -0.25) is 4.79 Å². The van der Waals surface area contributed by atoms with Crippen LogP contribution in [0.4, 0.5) is 0 Å². The van der Waals surface area contributed by atoms with Crippen LogP contribution in [0.25, 0.3) is 0 Å². The third-order valence-corrected chi connectivity index (χ3v) is 7.78. The van der Waals surface area contributed by atoms with Gasteiger partial charge in [0.05, 0.1) is 43.5 Å². The van der Waals surface area contributed by atoms with Gasteiger partial charge in [-0.2, -0.15) is 0 Å². The standard InChI is InChI=1S/C13H21NO3.C8H12O2.C6H10ClNO.C4H11N/c1-4-8(5-2)11-10-7(3)6-9(13(15)16)12(10)17-14-11;1-6-3-4-7(5-6)8(9)10-2;1-3-5(4-2)6(7)8-9;1-4(2,3)5/h7-10,12H,4-6H2,1-3H3,(H,15,16);3-4,6-7H,5H2,1-2H3;5H,1,3-4H2,2H3;5H2,1-3H3/p+1/b;;8-6-;/t7-,9+,10-,12-;6-,7+;;/m10../s1. The maximum atomic E-state index is 11.1. The van der Waals surface area contributed by atoms with E-state index in [9.17, 15) is 14.7 Å². The van der Waals surface area contributed by atoms with E-state index in [2.05, 4.69) is 82.2 Å². The Bertz CT molecular complexity index is 872. The van der Waals surface area contributed by atoms with E-state index in [0.29, 0.717) is 30.6 Å². The van der Waals surface area contributed by atoms with Crippen molar-refractivity contribution in [3.63, 3.8) is 0 Å². The molecule has 236 valence electrons. The molecular weight excluding hydrogens is 546 g/mol. The molecule has 1 saturated carbocycles. The first-order valence-corrected chi connectivity index (χ1v) is 15.2. The molecule has 7 atom stereocenters. The van der Waals surface area contributed by atoms with Gasteiger partial charge in [0.25, 0.3) is 0 Å². The van der Waals surface area contributed by atoms with E-state index >= 15 is 0 Å². The quantitative estimate of drug-likeness (QED) is 0.101. The Morgan fingerprint density at radius 2 is 1.78 bits per heavy atom. The fraction of sp³-hybridized carbons (Fsp3) is 0.774. The van der Waals surface area contributed by atoms with Gasteiger partial charge in [0.15, 0.2) is 5.17 Å². The summed E-state index contributed by atoms with van der Waals surface area (Å²) in [6, 6.07) is 0. The largest absolute Gasteiger partial charge is 0.550 e. The van der Waals surface area contributed by atoms with Gasteiger partial charge in [0.1, 0.15) is 6.10 Å². The van der Waals surface area contributed by atoms with E-state index < -0.39 is 11.9 Å². The lowest BCUT2D eigenvalue weighted by Gasteiger charge is -2.20. The molecule has 0 amide bonds. The lowest BCUT2D eigenvalue weighted by atomic mass is 9.82. The number of quaternary nitrogens is 1. The molecule has 3 rings (SSSR count). The van der Waals surface area contributed by atoms with Crippen molar-refractivity contribution in [2.24, 2.45) is 51.7 Å². The molecule has 1 aliphatic heterocycles. The zero-order chi connectivity index (χ0) is 31.9. The molecule has 0 aromatic carbocycles. The van der Waals surface area contributed by atoms with Crippen LogP contribution in [0.15, 0.2) is 22.5 Å². The van der Waals surface area contributed by atoms with Crippen LogP contribution in [-0.4, -0.2) is 46.8 Å². The molecule has 41 heavy (non-hydrogen) atoms. The molecule has 10 heteroatoms. The highest BCUT2D eigenvalue weighted by atomic mass is 35.5. The summed E-state index contributed by atoms with van der Waals surface area (Å²) >= 11 is 5.49. The molecule has 1 unspecified atom stereocenters. The minimum Gasteiger partial charge on any atom is -0.550 e. The Labute approximate surface area is 252 Å². The van der Waals surface area contributed by atoms with Gasteiger partial charge in [-0.1, -0.05) is 68.7 Å². The number of carbonyl (C=O) groups excluding carboxylic acids is 2. The molecule has 0 aromatic rings. The molecule has 2 aliphatic carbocycles. The number of methoxy groups -OCH3 is 1. The number of nitrogens with zero attached hydrogens (tertiary/aromatic N) is 2. The van der Waals surface area contributed by atoms with Gasteiger partial charge in [-0.25, -0.2) is 0 Å². The van der Waals surface area contributed by atoms with Gasteiger partial charge >= 0.3 is 5.97 Å². The number of carbonyl (C=O) groups is 2. The number of halogens is 1. The fourth-order valence-corrected chi connectivity index (χ4v) is 5.37. The summed E-state index contributed by atoms with van der Waals surface area (Å²) in [5, 5.41) is 26.6. The van der Waals surface area contributed by atoms with Crippen molar-refractivity contribution in [1.29, 1.82) is 0 Å². The zero-order valence-electron chi connectivity index (χ0n) is 26.7.